The van der Waals surface area contributed by atoms with Crippen molar-refractivity contribution < 1.29 is 28.2 Å². The fraction of sp³-hybridized carbons (Fsp3) is 0.692. The molecule has 5 nitrogen and oxygen atoms in total. The molecule has 7 heteroatoms. The van der Waals surface area contributed by atoms with Crippen LogP contribution in [0, 0.1) is 29.0 Å². The number of ether oxygens (including phenoxy) is 1. The highest BCUT2D eigenvalue weighted by atomic mass is 19.1. The van der Waals surface area contributed by atoms with Crippen molar-refractivity contribution in [2.75, 3.05) is 13.2 Å². The molecule has 178 valence electrons. The summed E-state index contributed by atoms with van der Waals surface area (Å²) in [6, 6.07) is 1.28. The van der Waals surface area contributed by atoms with Gasteiger partial charge in [-0.1, -0.05) is 0 Å². The van der Waals surface area contributed by atoms with Crippen molar-refractivity contribution in [2.45, 2.75) is 75.9 Å². The Bertz CT molecular complexity index is 955. The molecule has 4 bridgehead atoms. The number of carboxylic acids is 1. The molecule has 1 aliphatic heterocycles. The predicted octanol–water partition coefficient (Wildman–Crippen LogP) is 4.94. The summed E-state index contributed by atoms with van der Waals surface area (Å²) in [5, 5.41) is 9.35. The third kappa shape index (κ3) is 3.71. The maximum absolute atomic E-state index is 15.2. The molecular formula is C26H31F2NO4. The van der Waals surface area contributed by atoms with Crippen LogP contribution in [-0.4, -0.2) is 47.2 Å². The van der Waals surface area contributed by atoms with Crippen molar-refractivity contribution in [3.63, 3.8) is 0 Å². The molecule has 33 heavy (non-hydrogen) atoms. The summed E-state index contributed by atoms with van der Waals surface area (Å²) < 4.78 is 35.5. The van der Waals surface area contributed by atoms with Gasteiger partial charge in [0.25, 0.3) is 5.91 Å². The standard InChI is InChI=1S/C26H31F2NO4/c27-20-3-4-29(23(20)25(31)32)24(30)19-8-18(17-1-2-17)22(9-21(19)28)33-13-26-10-14-5-15(11-26)7-16(6-14)12-26/h8-9,14-17,20,23H,1-7,10-13H2,(H,31,32)/t14?,15?,16?,20-,23-,26?/m0/s1. The number of amides is 1. The van der Waals surface area contributed by atoms with E-state index in [-0.39, 0.29) is 29.9 Å². The number of likely N-dealkylation sites (tertiary alicyclic amines) is 1. The number of carbonyl (C=O) groups is 2. The quantitative estimate of drug-likeness (QED) is 0.655. The minimum atomic E-state index is -1.64. The molecule has 0 unspecified atom stereocenters. The maximum atomic E-state index is 15.2. The van der Waals surface area contributed by atoms with Crippen molar-refractivity contribution in [1.29, 1.82) is 0 Å². The smallest absolute Gasteiger partial charge is 0.329 e. The first-order chi connectivity index (χ1) is 15.8. The predicted molar refractivity (Wildman–Crippen MR) is 116 cm³/mol. The number of hydrogen-bond donors (Lipinski definition) is 1. The van der Waals surface area contributed by atoms with Crippen molar-refractivity contribution in [3.8, 4) is 5.75 Å². The van der Waals surface area contributed by atoms with Crippen LogP contribution < -0.4 is 4.74 Å². The molecule has 0 radical (unpaired) electrons. The minimum absolute atomic E-state index is 0.0283. The van der Waals surface area contributed by atoms with E-state index in [0.717, 1.165) is 41.1 Å². The van der Waals surface area contributed by atoms with E-state index in [1.807, 2.05) is 0 Å². The van der Waals surface area contributed by atoms with Crippen LogP contribution >= 0.6 is 0 Å². The molecule has 1 aromatic carbocycles. The lowest BCUT2D eigenvalue weighted by molar-refractivity contribution is -0.142. The summed E-state index contributed by atoms with van der Waals surface area (Å²) in [6.07, 6.45) is 7.89. The van der Waals surface area contributed by atoms with Gasteiger partial charge in [0.05, 0.1) is 12.2 Å². The van der Waals surface area contributed by atoms with E-state index in [2.05, 4.69) is 0 Å². The fourth-order valence-electron chi connectivity index (χ4n) is 7.70. The van der Waals surface area contributed by atoms with E-state index in [1.165, 1.54) is 50.7 Å². The van der Waals surface area contributed by atoms with Gasteiger partial charge in [-0.05, 0) is 93.1 Å². The van der Waals surface area contributed by atoms with Gasteiger partial charge in [-0.25, -0.2) is 13.6 Å². The molecule has 6 aliphatic rings. The number of carbonyl (C=O) groups excluding carboxylic acids is 1. The van der Waals surface area contributed by atoms with Crippen LogP contribution in [0.15, 0.2) is 12.1 Å². The zero-order valence-electron chi connectivity index (χ0n) is 18.8. The first kappa shape index (κ1) is 21.4. The lowest BCUT2D eigenvalue weighted by atomic mass is 9.50. The zero-order chi connectivity index (χ0) is 22.9. The van der Waals surface area contributed by atoms with Crippen molar-refractivity contribution in [1.82, 2.24) is 4.90 Å². The molecule has 2 atom stereocenters. The van der Waals surface area contributed by atoms with Crippen molar-refractivity contribution >= 4 is 11.9 Å². The SMILES string of the molecule is O=C(O)[C@@H]1[C@@H](F)CCN1C(=O)c1cc(C2CC2)c(OCC23CC4CC(CC(C4)C2)C3)cc1F. The summed E-state index contributed by atoms with van der Waals surface area (Å²) in [5.74, 6) is 0.287. The van der Waals surface area contributed by atoms with Crippen molar-refractivity contribution in [3.05, 3.63) is 29.1 Å². The monoisotopic (exact) mass is 459 g/mol. The lowest BCUT2D eigenvalue weighted by Crippen LogP contribution is -2.48. The highest BCUT2D eigenvalue weighted by Gasteiger charge is 2.51. The highest BCUT2D eigenvalue weighted by molar-refractivity contribution is 5.97. The fourth-order valence-corrected chi connectivity index (χ4v) is 7.70. The van der Waals surface area contributed by atoms with Gasteiger partial charge in [0, 0.05) is 18.0 Å². The number of carboxylic acid groups (broad SMARTS) is 1. The Kier molecular flexibility index (Phi) is 4.97. The van der Waals surface area contributed by atoms with Crippen LogP contribution in [-0.2, 0) is 4.79 Å². The lowest BCUT2D eigenvalue weighted by Gasteiger charge is -2.56. The van der Waals surface area contributed by atoms with E-state index < -0.39 is 29.9 Å². The minimum Gasteiger partial charge on any atom is -0.493 e. The average molecular weight is 460 g/mol. The Morgan fingerprint density at radius 1 is 1.06 bits per heavy atom. The van der Waals surface area contributed by atoms with Gasteiger partial charge in [-0.3, -0.25) is 4.79 Å². The highest BCUT2D eigenvalue weighted by Crippen LogP contribution is 2.60. The van der Waals surface area contributed by atoms with E-state index >= 15 is 4.39 Å². The van der Waals surface area contributed by atoms with Gasteiger partial charge in [0.2, 0.25) is 0 Å². The van der Waals surface area contributed by atoms with Crippen LogP contribution in [0.5, 0.6) is 5.75 Å². The van der Waals surface area contributed by atoms with Gasteiger partial charge >= 0.3 is 5.97 Å². The number of rotatable bonds is 6. The molecule has 7 rings (SSSR count). The second kappa shape index (κ2) is 7.67. The Balaban J connectivity index is 1.24. The average Bonchev–Trinajstić information content (AvgIpc) is 3.51. The second-order valence-corrected chi connectivity index (χ2v) is 11.4. The molecule has 5 saturated carbocycles. The van der Waals surface area contributed by atoms with E-state index in [4.69, 9.17) is 4.74 Å². The van der Waals surface area contributed by atoms with Gasteiger partial charge in [0.1, 0.15) is 17.7 Å². The Hall–Kier alpha value is -2.18. The summed E-state index contributed by atoms with van der Waals surface area (Å²) in [4.78, 5) is 25.5. The molecule has 5 aliphatic carbocycles. The number of hydrogen-bond acceptors (Lipinski definition) is 3. The van der Waals surface area contributed by atoms with Crippen LogP contribution in [0.25, 0.3) is 0 Å². The second-order valence-electron chi connectivity index (χ2n) is 11.4. The Morgan fingerprint density at radius 2 is 1.70 bits per heavy atom. The molecule has 1 saturated heterocycles. The number of benzene rings is 1. The summed E-state index contributed by atoms with van der Waals surface area (Å²) in [6.45, 7) is 0.569. The molecule has 6 fully saturated rings. The van der Waals surface area contributed by atoms with Gasteiger partial charge in [-0.2, -0.15) is 0 Å². The number of aliphatic carboxylic acids is 1. The maximum Gasteiger partial charge on any atom is 0.329 e. The zero-order valence-corrected chi connectivity index (χ0v) is 18.8. The largest absolute Gasteiger partial charge is 0.493 e. The first-order valence-electron chi connectivity index (χ1n) is 12.5. The molecule has 1 amide bonds. The van der Waals surface area contributed by atoms with Gasteiger partial charge in [-0.15, -0.1) is 0 Å². The summed E-state index contributed by atoms with van der Waals surface area (Å²) in [5.41, 5.74) is 0.841. The van der Waals surface area contributed by atoms with E-state index in [0.29, 0.717) is 12.4 Å². The number of alkyl halides is 1. The number of halogens is 2. The Labute approximate surface area is 192 Å². The van der Waals surface area contributed by atoms with Gasteiger partial charge in [0.15, 0.2) is 6.04 Å². The summed E-state index contributed by atoms with van der Waals surface area (Å²) >= 11 is 0. The third-order valence-electron chi connectivity index (χ3n) is 8.88. The van der Waals surface area contributed by atoms with Gasteiger partial charge < -0.3 is 14.7 Å². The van der Waals surface area contributed by atoms with Crippen LogP contribution in [0.1, 0.15) is 79.6 Å². The Morgan fingerprint density at radius 3 is 2.27 bits per heavy atom. The summed E-state index contributed by atoms with van der Waals surface area (Å²) in [7, 11) is 0. The van der Waals surface area contributed by atoms with Crippen molar-refractivity contribution in [2.24, 2.45) is 23.2 Å². The third-order valence-corrected chi connectivity index (χ3v) is 8.88. The molecular weight excluding hydrogens is 428 g/mol. The molecule has 1 N–H and O–H groups in total. The first-order valence-corrected chi connectivity index (χ1v) is 12.5. The molecule has 1 aromatic rings. The van der Waals surface area contributed by atoms with E-state index in [9.17, 15) is 19.1 Å². The van der Waals surface area contributed by atoms with Crippen LogP contribution in [0.4, 0.5) is 8.78 Å². The molecule has 1 heterocycles. The topological polar surface area (TPSA) is 66.8 Å². The van der Waals surface area contributed by atoms with E-state index in [1.54, 1.807) is 0 Å². The van der Waals surface area contributed by atoms with Crippen LogP contribution in [0.3, 0.4) is 0 Å². The van der Waals surface area contributed by atoms with Crippen LogP contribution in [0.2, 0.25) is 0 Å². The molecule has 0 aromatic heterocycles. The normalized spacial score (nSPS) is 36.9. The molecule has 0 spiro atoms. The number of nitrogens with zero attached hydrogens (tertiary/aromatic N) is 1.